The van der Waals surface area contributed by atoms with Crippen molar-refractivity contribution in [2.75, 3.05) is 12.3 Å². The molecule has 0 fully saturated rings. The minimum absolute atomic E-state index is 0.946. The van der Waals surface area contributed by atoms with Gasteiger partial charge < -0.3 is 9.73 Å². The van der Waals surface area contributed by atoms with Crippen molar-refractivity contribution in [1.29, 1.82) is 0 Å². The van der Waals surface area contributed by atoms with E-state index in [1.165, 1.54) is 27.2 Å². The second kappa shape index (κ2) is 4.39. The summed E-state index contributed by atoms with van der Waals surface area (Å²) in [6.45, 7) is 6.31. The van der Waals surface area contributed by atoms with E-state index >= 15 is 0 Å². The first-order chi connectivity index (χ1) is 8.29. The number of benzene rings is 1. The molecule has 0 bridgehead atoms. The molecular weight excluding hydrogens is 230 g/mol. The highest BCUT2D eigenvalue weighted by molar-refractivity contribution is 7.99. The molecule has 3 heteroatoms. The van der Waals surface area contributed by atoms with E-state index in [2.05, 4.69) is 31.3 Å². The van der Waals surface area contributed by atoms with Gasteiger partial charge in [0.05, 0.1) is 0 Å². The third kappa shape index (κ3) is 1.87. The summed E-state index contributed by atoms with van der Waals surface area (Å²) in [5, 5.41) is 4.73. The lowest BCUT2D eigenvalue weighted by molar-refractivity contribution is 0.499. The first-order valence-corrected chi connectivity index (χ1v) is 7.16. The summed E-state index contributed by atoms with van der Waals surface area (Å²) in [7, 11) is 0. The summed E-state index contributed by atoms with van der Waals surface area (Å²) < 4.78 is 6.01. The fourth-order valence-corrected chi connectivity index (χ4v) is 3.29. The lowest BCUT2D eigenvalue weighted by Crippen LogP contribution is -2.22. The second-order valence-corrected chi connectivity index (χ2v) is 5.82. The average Bonchev–Trinajstić information content (AvgIpc) is 2.69. The molecule has 0 amide bonds. The molecule has 2 heterocycles. The molecule has 17 heavy (non-hydrogen) atoms. The molecule has 90 valence electrons. The standard InChI is InChI=1S/C14H17NOS/c1-3-17-10-6-9(2)14-11(7-10)12-8-15-5-4-13(12)16-14/h6-7,15H,3-5,8H2,1-2H3. The molecule has 0 saturated carbocycles. The van der Waals surface area contributed by atoms with Crippen LogP contribution in [-0.4, -0.2) is 12.3 Å². The molecule has 0 aliphatic carbocycles. The van der Waals surface area contributed by atoms with Crippen molar-refractivity contribution in [3.05, 3.63) is 29.0 Å². The van der Waals surface area contributed by atoms with E-state index in [0.29, 0.717) is 0 Å². The van der Waals surface area contributed by atoms with E-state index in [1.807, 2.05) is 11.8 Å². The third-order valence-corrected chi connectivity index (χ3v) is 4.13. The summed E-state index contributed by atoms with van der Waals surface area (Å²) in [5.74, 6) is 2.30. The van der Waals surface area contributed by atoms with Gasteiger partial charge in [0, 0.05) is 35.4 Å². The minimum atomic E-state index is 0.946. The zero-order chi connectivity index (χ0) is 11.8. The first kappa shape index (κ1) is 11.2. The number of furan rings is 1. The predicted molar refractivity (Wildman–Crippen MR) is 72.8 cm³/mol. The van der Waals surface area contributed by atoms with Crippen LogP contribution in [0.25, 0.3) is 11.0 Å². The zero-order valence-electron chi connectivity index (χ0n) is 10.3. The highest BCUT2D eigenvalue weighted by atomic mass is 32.2. The summed E-state index contributed by atoms with van der Waals surface area (Å²) in [5.41, 5.74) is 3.71. The van der Waals surface area contributed by atoms with E-state index < -0.39 is 0 Å². The number of nitrogens with one attached hydrogen (secondary N) is 1. The predicted octanol–water partition coefficient (Wildman–Crippen LogP) is 3.50. The third-order valence-electron chi connectivity index (χ3n) is 3.28. The first-order valence-electron chi connectivity index (χ1n) is 6.18. The Morgan fingerprint density at radius 2 is 2.29 bits per heavy atom. The van der Waals surface area contributed by atoms with Crippen LogP contribution in [-0.2, 0) is 13.0 Å². The number of aryl methyl sites for hydroxylation is 1. The van der Waals surface area contributed by atoms with Gasteiger partial charge >= 0.3 is 0 Å². The number of hydrogen-bond acceptors (Lipinski definition) is 3. The topological polar surface area (TPSA) is 25.2 Å². The molecular formula is C14H17NOS. The lowest BCUT2D eigenvalue weighted by Gasteiger charge is -2.10. The SMILES string of the molecule is CCSc1cc(C)c2oc3c(c2c1)CNCC3. The van der Waals surface area contributed by atoms with Crippen LogP contribution in [0.4, 0.5) is 0 Å². The van der Waals surface area contributed by atoms with Crippen LogP contribution in [0.2, 0.25) is 0 Å². The monoisotopic (exact) mass is 247 g/mol. The Hall–Kier alpha value is -0.930. The molecule has 2 nitrogen and oxygen atoms in total. The van der Waals surface area contributed by atoms with Crippen LogP contribution in [0.5, 0.6) is 0 Å². The van der Waals surface area contributed by atoms with Crippen molar-refractivity contribution in [3.63, 3.8) is 0 Å². The minimum Gasteiger partial charge on any atom is -0.460 e. The Morgan fingerprint density at radius 3 is 3.12 bits per heavy atom. The van der Waals surface area contributed by atoms with Crippen molar-refractivity contribution in [2.24, 2.45) is 0 Å². The number of thioether (sulfide) groups is 1. The Kier molecular flexibility index (Phi) is 2.89. The van der Waals surface area contributed by atoms with Crippen LogP contribution in [0.1, 0.15) is 23.8 Å². The summed E-state index contributed by atoms with van der Waals surface area (Å²) in [6, 6.07) is 4.52. The van der Waals surface area contributed by atoms with E-state index in [9.17, 15) is 0 Å². The Morgan fingerprint density at radius 1 is 1.41 bits per heavy atom. The van der Waals surface area contributed by atoms with Gasteiger partial charge in [-0.3, -0.25) is 0 Å². The van der Waals surface area contributed by atoms with E-state index in [4.69, 9.17) is 4.42 Å². The molecule has 0 spiro atoms. The lowest BCUT2D eigenvalue weighted by atomic mass is 10.0. The Labute approximate surface area is 106 Å². The summed E-state index contributed by atoms with van der Waals surface area (Å²) in [6.07, 6.45) is 1.01. The molecule has 1 aliphatic rings. The van der Waals surface area contributed by atoms with Crippen molar-refractivity contribution in [2.45, 2.75) is 31.7 Å². The maximum atomic E-state index is 6.01. The second-order valence-electron chi connectivity index (χ2n) is 4.48. The summed E-state index contributed by atoms with van der Waals surface area (Å²) >= 11 is 1.90. The van der Waals surface area contributed by atoms with Crippen molar-refractivity contribution in [3.8, 4) is 0 Å². The van der Waals surface area contributed by atoms with Crippen LogP contribution >= 0.6 is 11.8 Å². The van der Waals surface area contributed by atoms with Crippen LogP contribution < -0.4 is 5.32 Å². The maximum absolute atomic E-state index is 6.01. The van der Waals surface area contributed by atoms with Crippen molar-refractivity contribution >= 4 is 22.7 Å². The van der Waals surface area contributed by atoms with Gasteiger partial charge in [-0.2, -0.15) is 0 Å². The molecule has 0 unspecified atom stereocenters. The van der Waals surface area contributed by atoms with Crippen LogP contribution in [0, 0.1) is 6.92 Å². The number of hydrogen-bond donors (Lipinski definition) is 1. The average molecular weight is 247 g/mol. The molecule has 0 radical (unpaired) electrons. The molecule has 0 atom stereocenters. The van der Waals surface area contributed by atoms with E-state index in [1.54, 1.807) is 0 Å². The van der Waals surface area contributed by atoms with Gasteiger partial charge in [-0.25, -0.2) is 0 Å². The quantitative estimate of drug-likeness (QED) is 0.822. The van der Waals surface area contributed by atoms with Gasteiger partial charge in [-0.15, -0.1) is 11.8 Å². The van der Waals surface area contributed by atoms with Crippen LogP contribution in [0.15, 0.2) is 21.4 Å². The van der Waals surface area contributed by atoms with Gasteiger partial charge in [-0.1, -0.05) is 6.92 Å². The summed E-state index contributed by atoms with van der Waals surface area (Å²) in [4.78, 5) is 1.35. The fraction of sp³-hybridized carbons (Fsp3) is 0.429. The van der Waals surface area contributed by atoms with E-state index in [-0.39, 0.29) is 0 Å². The normalized spacial score (nSPS) is 15.2. The highest BCUT2D eigenvalue weighted by Crippen LogP contribution is 2.33. The van der Waals surface area contributed by atoms with Gasteiger partial charge in [0.2, 0.25) is 0 Å². The van der Waals surface area contributed by atoms with Crippen molar-refractivity contribution < 1.29 is 4.42 Å². The van der Waals surface area contributed by atoms with Gasteiger partial charge in [-0.05, 0) is 30.4 Å². The largest absolute Gasteiger partial charge is 0.460 e. The van der Waals surface area contributed by atoms with Gasteiger partial charge in [0.1, 0.15) is 11.3 Å². The number of fused-ring (bicyclic) bond motifs is 3. The maximum Gasteiger partial charge on any atom is 0.137 e. The smallest absolute Gasteiger partial charge is 0.137 e. The Balaban J connectivity index is 2.21. The molecule has 0 saturated heterocycles. The molecule has 3 rings (SSSR count). The molecule has 1 aromatic carbocycles. The van der Waals surface area contributed by atoms with E-state index in [0.717, 1.165) is 30.8 Å². The Bertz CT molecular complexity index is 559. The molecule has 2 aromatic rings. The number of rotatable bonds is 2. The molecule has 1 aliphatic heterocycles. The zero-order valence-corrected chi connectivity index (χ0v) is 11.1. The van der Waals surface area contributed by atoms with Gasteiger partial charge in [0.15, 0.2) is 0 Å². The van der Waals surface area contributed by atoms with Crippen LogP contribution in [0.3, 0.4) is 0 Å². The fourth-order valence-electron chi connectivity index (χ4n) is 2.50. The van der Waals surface area contributed by atoms with Gasteiger partial charge in [0.25, 0.3) is 0 Å². The van der Waals surface area contributed by atoms with Crippen molar-refractivity contribution in [1.82, 2.24) is 5.32 Å². The highest BCUT2D eigenvalue weighted by Gasteiger charge is 2.18. The molecule has 1 aromatic heterocycles. The molecule has 1 N–H and O–H groups in total.